The highest BCUT2D eigenvalue weighted by Crippen LogP contribution is 2.30. The summed E-state index contributed by atoms with van der Waals surface area (Å²) in [5.41, 5.74) is 1.21. The smallest absolute Gasteiger partial charge is 0.317 e. The Morgan fingerprint density at radius 2 is 2.14 bits per heavy atom. The number of carbonyl (C=O) groups is 1. The molecule has 2 atom stereocenters. The van der Waals surface area contributed by atoms with Crippen molar-refractivity contribution in [2.24, 2.45) is 5.92 Å². The summed E-state index contributed by atoms with van der Waals surface area (Å²) in [7, 11) is 0. The fourth-order valence-corrected chi connectivity index (χ4v) is 4.65. The maximum absolute atomic E-state index is 12.7. The second-order valence-corrected chi connectivity index (χ2v) is 7.40. The van der Waals surface area contributed by atoms with Gasteiger partial charge in [0.25, 0.3) is 0 Å². The molecule has 3 rings (SSSR count). The zero-order chi connectivity index (χ0) is 15.2. The van der Waals surface area contributed by atoms with Gasteiger partial charge in [-0.2, -0.15) is 11.8 Å². The second-order valence-electron chi connectivity index (χ2n) is 6.25. The molecular weight excluding hydrogens is 294 g/mol. The summed E-state index contributed by atoms with van der Waals surface area (Å²) in [5.74, 6) is 3.08. The van der Waals surface area contributed by atoms with Gasteiger partial charge in [0.2, 0.25) is 0 Å². The van der Waals surface area contributed by atoms with Crippen LogP contribution in [0.5, 0.6) is 0 Å². The van der Waals surface area contributed by atoms with Gasteiger partial charge in [0, 0.05) is 25.5 Å². The molecule has 0 saturated carbocycles. The molecule has 1 N–H and O–H groups in total. The van der Waals surface area contributed by atoms with Crippen LogP contribution in [0, 0.1) is 5.92 Å². The first-order valence-electron chi connectivity index (χ1n) is 8.37. The Labute approximate surface area is 137 Å². The first-order chi connectivity index (χ1) is 10.8. The average Bonchev–Trinajstić information content (AvgIpc) is 2.96. The fraction of sp³-hybridized carbons (Fsp3) is 0.647. The Hall–Kier alpha value is -1.23. The van der Waals surface area contributed by atoms with E-state index < -0.39 is 0 Å². The van der Waals surface area contributed by atoms with E-state index in [1.807, 2.05) is 41.2 Å². The molecule has 1 aromatic rings. The van der Waals surface area contributed by atoms with E-state index in [4.69, 9.17) is 0 Å². The standard InChI is InChI=1S/C17H25N3OS/c21-17(19-12-14-7-11-22-13-14)20-10-3-1-2-4-16(20)15-5-8-18-9-6-15/h5-6,8-9,14,16H,1-4,7,10-13H2,(H,19,21)/t14-,16+/m1/s1. The first kappa shape index (κ1) is 15.7. The fourth-order valence-electron chi connectivity index (χ4n) is 3.36. The molecule has 120 valence electrons. The number of pyridine rings is 1. The molecule has 2 aliphatic heterocycles. The van der Waals surface area contributed by atoms with E-state index in [-0.39, 0.29) is 12.1 Å². The van der Waals surface area contributed by atoms with Gasteiger partial charge in [0.05, 0.1) is 6.04 Å². The Morgan fingerprint density at radius 3 is 2.91 bits per heavy atom. The normalized spacial score (nSPS) is 25.7. The zero-order valence-corrected chi connectivity index (χ0v) is 13.9. The molecule has 5 heteroatoms. The third-order valence-electron chi connectivity index (χ3n) is 4.67. The lowest BCUT2D eigenvalue weighted by Crippen LogP contribution is -2.43. The van der Waals surface area contributed by atoms with Crippen LogP contribution in [0.15, 0.2) is 24.5 Å². The number of nitrogens with one attached hydrogen (secondary N) is 1. The van der Waals surface area contributed by atoms with E-state index in [1.54, 1.807) is 0 Å². The molecule has 3 heterocycles. The summed E-state index contributed by atoms with van der Waals surface area (Å²) in [6.45, 7) is 1.68. The Bertz CT molecular complexity index is 476. The van der Waals surface area contributed by atoms with Gasteiger partial charge in [-0.1, -0.05) is 12.8 Å². The van der Waals surface area contributed by atoms with E-state index >= 15 is 0 Å². The highest BCUT2D eigenvalue weighted by molar-refractivity contribution is 7.99. The Balaban J connectivity index is 1.65. The van der Waals surface area contributed by atoms with Crippen LogP contribution in [-0.4, -0.2) is 40.5 Å². The molecule has 1 aromatic heterocycles. The van der Waals surface area contributed by atoms with Crippen LogP contribution in [0.1, 0.15) is 43.7 Å². The van der Waals surface area contributed by atoms with E-state index in [0.29, 0.717) is 5.92 Å². The molecule has 0 aliphatic carbocycles. The second kappa shape index (κ2) is 7.86. The zero-order valence-electron chi connectivity index (χ0n) is 13.0. The van der Waals surface area contributed by atoms with Crippen LogP contribution in [-0.2, 0) is 0 Å². The molecule has 0 aromatic carbocycles. The third-order valence-corrected chi connectivity index (χ3v) is 5.90. The van der Waals surface area contributed by atoms with Crippen LogP contribution < -0.4 is 5.32 Å². The maximum Gasteiger partial charge on any atom is 0.317 e. The van der Waals surface area contributed by atoms with Crippen molar-refractivity contribution in [1.82, 2.24) is 15.2 Å². The van der Waals surface area contributed by atoms with Gasteiger partial charge in [0.15, 0.2) is 0 Å². The minimum Gasteiger partial charge on any atom is -0.338 e. The summed E-state index contributed by atoms with van der Waals surface area (Å²) < 4.78 is 0. The van der Waals surface area contributed by atoms with Gasteiger partial charge < -0.3 is 10.2 Å². The number of amides is 2. The van der Waals surface area contributed by atoms with Crippen LogP contribution in [0.25, 0.3) is 0 Å². The maximum atomic E-state index is 12.7. The first-order valence-corrected chi connectivity index (χ1v) is 9.52. The van der Waals surface area contributed by atoms with E-state index in [9.17, 15) is 4.79 Å². The van der Waals surface area contributed by atoms with Gasteiger partial charge in [0.1, 0.15) is 0 Å². The van der Waals surface area contributed by atoms with Crippen LogP contribution >= 0.6 is 11.8 Å². The van der Waals surface area contributed by atoms with Crippen LogP contribution in [0.3, 0.4) is 0 Å². The summed E-state index contributed by atoms with van der Waals surface area (Å²) in [6, 6.07) is 4.40. The van der Waals surface area contributed by atoms with E-state index in [0.717, 1.165) is 25.9 Å². The molecule has 4 nitrogen and oxygen atoms in total. The van der Waals surface area contributed by atoms with Gasteiger partial charge in [-0.3, -0.25) is 4.98 Å². The predicted octanol–water partition coefficient (Wildman–Crippen LogP) is 3.46. The molecule has 2 aliphatic rings. The number of likely N-dealkylation sites (tertiary alicyclic amines) is 1. The number of rotatable bonds is 3. The summed E-state index contributed by atoms with van der Waals surface area (Å²) in [4.78, 5) is 18.8. The number of carbonyl (C=O) groups excluding carboxylic acids is 1. The van der Waals surface area contributed by atoms with Crippen molar-refractivity contribution in [2.75, 3.05) is 24.6 Å². The number of nitrogens with zero attached hydrogens (tertiary/aromatic N) is 2. The van der Waals surface area contributed by atoms with Gasteiger partial charge in [-0.25, -0.2) is 4.79 Å². The van der Waals surface area contributed by atoms with Crippen molar-refractivity contribution >= 4 is 17.8 Å². The lowest BCUT2D eigenvalue weighted by Gasteiger charge is -2.31. The van der Waals surface area contributed by atoms with Crippen molar-refractivity contribution in [3.8, 4) is 0 Å². The summed E-state index contributed by atoms with van der Waals surface area (Å²) in [5, 5.41) is 3.18. The number of hydrogen-bond acceptors (Lipinski definition) is 3. The molecule has 2 fully saturated rings. The molecule has 2 amide bonds. The molecule has 22 heavy (non-hydrogen) atoms. The van der Waals surface area contributed by atoms with E-state index in [1.165, 1.54) is 36.3 Å². The third kappa shape index (κ3) is 3.94. The van der Waals surface area contributed by atoms with Crippen molar-refractivity contribution in [3.05, 3.63) is 30.1 Å². The number of aromatic nitrogens is 1. The summed E-state index contributed by atoms with van der Waals surface area (Å²) in [6.07, 6.45) is 9.45. The SMILES string of the molecule is O=C(NC[C@H]1CCSC1)N1CCCCC[C@H]1c1ccncc1. The number of urea groups is 1. The van der Waals surface area contributed by atoms with Crippen molar-refractivity contribution in [2.45, 2.75) is 38.1 Å². The highest BCUT2D eigenvalue weighted by atomic mass is 32.2. The molecule has 0 spiro atoms. The van der Waals surface area contributed by atoms with Gasteiger partial charge >= 0.3 is 6.03 Å². The largest absolute Gasteiger partial charge is 0.338 e. The molecule has 2 saturated heterocycles. The molecule has 0 bridgehead atoms. The molecular formula is C17H25N3OS. The number of thioether (sulfide) groups is 1. The number of hydrogen-bond donors (Lipinski definition) is 1. The lowest BCUT2D eigenvalue weighted by atomic mass is 10.0. The van der Waals surface area contributed by atoms with Crippen molar-refractivity contribution in [1.29, 1.82) is 0 Å². The van der Waals surface area contributed by atoms with E-state index in [2.05, 4.69) is 10.3 Å². The molecule has 0 unspecified atom stereocenters. The average molecular weight is 319 g/mol. The quantitative estimate of drug-likeness (QED) is 0.928. The predicted molar refractivity (Wildman–Crippen MR) is 91.0 cm³/mol. The monoisotopic (exact) mass is 319 g/mol. The minimum absolute atomic E-state index is 0.112. The lowest BCUT2D eigenvalue weighted by molar-refractivity contribution is 0.174. The Kier molecular flexibility index (Phi) is 5.59. The topological polar surface area (TPSA) is 45.2 Å². The van der Waals surface area contributed by atoms with Crippen LogP contribution in [0.4, 0.5) is 4.79 Å². The van der Waals surface area contributed by atoms with Crippen LogP contribution in [0.2, 0.25) is 0 Å². The summed E-state index contributed by atoms with van der Waals surface area (Å²) >= 11 is 2.00. The van der Waals surface area contributed by atoms with Crippen molar-refractivity contribution < 1.29 is 4.79 Å². The molecule has 0 radical (unpaired) electrons. The highest BCUT2D eigenvalue weighted by Gasteiger charge is 2.27. The van der Waals surface area contributed by atoms with Crippen molar-refractivity contribution in [3.63, 3.8) is 0 Å². The van der Waals surface area contributed by atoms with Gasteiger partial charge in [-0.05, 0) is 54.4 Å². The van der Waals surface area contributed by atoms with Gasteiger partial charge in [-0.15, -0.1) is 0 Å². The Morgan fingerprint density at radius 1 is 1.27 bits per heavy atom. The minimum atomic E-state index is 0.112.